The van der Waals surface area contributed by atoms with Crippen molar-refractivity contribution in [2.75, 3.05) is 0 Å². The first kappa shape index (κ1) is 12.5. The summed E-state index contributed by atoms with van der Waals surface area (Å²) in [5, 5.41) is 0. The van der Waals surface area contributed by atoms with Gasteiger partial charge in [-0.2, -0.15) is 0 Å². The molecule has 1 saturated carbocycles. The van der Waals surface area contributed by atoms with Crippen LogP contribution in [0, 0.1) is 0 Å². The van der Waals surface area contributed by atoms with E-state index in [0.717, 1.165) is 6.42 Å². The first-order valence-corrected chi connectivity index (χ1v) is 5.66. The molecule has 0 atom stereocenters. The van der Waals surface area contributed by atoms with Gasteiger partial charge in [0.2, 0.25) is 0 Å². The van der Waals surface area contributed by atoms with E-state index in [1.54, 1.807) is 0 Å². The Labute approximate surface area is 83.7 Å². The van der Waals surface area contributed by atoms with Crippen molar-refractivity contribution in [1.29, 1.82) is 0 Å². The van der Waals surface area contributed by atoms with Crippen LogP contribution in [0.1, 0.15) is 65.2 Å². The average Bonchev–Trinajstić information content (AvgIpc) is 2.22. The van der Waals surface area contributed by atoms with Gasteiger partial charge in [0.05, 0.1) is 0 Å². The fourth-order valence-electron chi connectivity index (χ4n) is 1.52. The standard InChI is InChI=1S/C7H12.C6H12/c1-4-6-7(3)5-2;1-2-4-6-5-3-1/h2,4,6H2,1,3H3;1-6H2. The van der Waals surface area contributed by atoms with Gasteiger partial charge in [0.1, 0.15) is 0 Å². The molecule has 13 heavy (non-hydrogen) atoms. The van der Waals surface area contributed by atoms with Gasteiger partial charge in [0.15, 0.2) is 0 Å². The lowest BCUT2D eigenvalue weighted by Crippen LogP contribution is -1.85. The third-order valence-corrected chi connectivity index (χ3v) is 2.43. The Bertz CT molecular complexity index is 134. The van der Waals surface area contributed by atoms with E-state index < -0.39 is 0 Å². The molecule has 0 N–H and O–H groups in total. The maximum Gasteiger partial charge on any atom is -0.0250 e. The molecule has 1 rings (SSSR count). The molecular weight excluding hydrogens is 156 g/mol. The van der Waals surface area contributed by atoms with Crippen molar-refractivity contribution in [3.05, 3.63) is 17.9 Å². The van der Waals surface area contributed by atoms with E-state index in [9.17, 15) is 0 Å². The molecule has 0 aliphatic heterocycles. The third-order valence-electron chi connectivity index (χ3n) is 2.43. The molecule has 0 heteroatoms. The highest BCUT2D eigenvalue weighted by Crippen LogP contribution is 2.15. The Morgan fingerprint density at radius 3 is 1.62 bits per heavy atom. The molecule has 0 heterocycles. The first-order chi connectivity index (χ1) is 6.31. The first-order valence-electron chi connectivity index (χ1n) is 5.66. The van der Waals surface area contributed by atoms with Gasteiger partial charge in [-0.25, -0.2) is 0 Å². The second kappa shape index (κ2) is 9.61. The monoisotopic (exact) mass is 180 g/mol. The van der Waals surface area contributed by atoms with Crippen molar-refractivity contribution in [3.8, 4) is 0 Å². The lowest BCUT2D eigenvalue weighted by molar-refractivity contribution is 0.504. The minimum Gasteiger partial charge on any atom is -0.130 e. The second-order valence-electron chi connectivity index (χ2n) is 3.83. The minimum absolute atomic E-state index is 1.14. The number of hydrogen-bond acceptors (Lipinski definition) is 0. The number of hydrogen-bond donors (Lipinski definition) is 0. The van der Waals surface area contributed by atoms with E-state index in [2.05, 4.69) is 26.2 Å². The van der Waals surface area contributed by atoms with E-state index >= 15 is 0 Å². The molecule has 0 unspecified atom stereocenters. The second-order valence-corrected chi connectivity index (χ2v) is 3.83. The Hall–Kier alpha value is -0.480. The zero-order valence-electron chi connectivity index (χ0n) is 9.36. The van der Waals surface area contributed by atoms with Crippen LogP contribution in [-0.2, 0) is 0 Å². The Balaban J connectivity index is 0.000000223. The molecule has 1 fully saturated rings. The molecule has 0 aromatic carbocycles. The summed E-state index contributed by atoms with van der Waals surface area (Å²) < 4.78 is 0. The molecule has 0 radical (unpaired) electrons. The van der Waals surface area contributed by atoms with Crippen LogP contribution in [0.15, 0.2) is 17.9 Å². The van der Waals surface area contributed by atoms with Gasteiger partial charge in [-0.1, -0.05) is 58.4 Å². The average molecular weight is 180 g/mol. The summed E-state index contributed by atoms with van der Waals surface area (Å²) in [4.78, 5) is 0. The zero-order chi connectivity index (χ0) is 9.94. The molecule has 0 aromatic rings. The van der Waals surface area contributed by atoms with Gasteiger partial charge in [-0.3, -0.25) is 0 Å². The molecule has 0 bridgehead atoms. The highest BCUT2D eigenvalue weighted by Gasteiger charge is 1.95. The maximum absolute atomic E-state index is 3.52. The topological polar surface area (TPSA) is 0 Å². The van der Waals surface area contributed by atoms with Crippen LogP contribution >= 0.6 is 0 Å². The summed E-state index contributed by atoms with van der Waals surface area (Å²) in [6.45, 7) is 7.72. The molecule has 0 spiro atoms. The molecule has 1 aliphatic rings. The Morgan fingerprint density at radius 2 is 1.46 bits per heavy atom. The summed E-state index contributed by atoms with van der Waals surface area (Å²) in [5.41, 5.74) is 4.10. The van der Waals surface area contributed by atoms with Gasteiger partial charge in [-0.15, -0.1) is 5.73 Å². The van der Waals surface area contributed by atoms with E-state index in [1.807, 2.05) is 0 Å². The summed E-state index contributed by atoms with van der Waals surface area (Å²) in [6, 6.07) is 0. The molecule has 76 valence electrons. The SMILES string of the molecule is C1CCCCC1.C=C=C(C)CCC. The Kier molecular flexibility index (Phi) is 9.25. The van der Waals surface area contributed by atoms with Crippen molar-refractivity contribution < 1.29 is 0 Å². The summed E-state index contributed by atoms with van der Waals surface area (Å²) in [5.74, 6) is 0. The predicted octanol–water partition coefficient (Wildman–Crippen LogP) is 4.86. The van der Waals surface area contributed by atoms with Crippen LogP contribution in [0.25, 0.3) is 0 Å². The molecular formula is C13H24. The van der Waals surface area contributed by atoms with Crippen molar-refractivity contribution in [3.63, 3.8) is 0 Å². The van der Waals surface area contributed by atoms with Crippen LogP contribution in [0.3, 0.4) is 0 Å². The van der Waals surface area contributed by atoms with Gasteiger partial charge in [0, 0.05) is 0 Å². The maximum atomic E-state index is 3.52. The lowest BCUT2D eigenvalue weighted by atomic mass is 10.0. The van der Waals surface area contributed by atoms with Crippen LogP contribution in [0.5, 0.6) is 0 Å². The van der Waals surface area contributed by atoms with Crippen molar-refractivity contribution in [2.45, 2.75) is 65.2 Å². The van der Waals surface area contributed by atoms with E-state index in [0.29, 0.717) is 0 Å². The van der Waals surface area contributed by atoms with E-state index in [4.69, 9.17) is 0 Å². The summed E-state index contributed by atoms with van der Waals surface area (Å²) in [6.07, 6.45) is 11.3. The smallest absolute Gasteiger partial charge is 0.0250 e. The largest absolute Gasteiger partial charge is 0.130 e. The molecule has 0 saturated heterocycles. The Morgan fingerprint density at radius 1 is 1.08 bits per heavy atom. The van der Waals surface area contributed by atoms with E-state index in [-0.39, 0.29) is 0 Å². The fraction of sp³-hybridized carbons (Fsp3) is 0.769. The predicted molar refractivity (Wildman–Crippen MR) is 60.9 cm³/mol. The summed E-state index contributed by atoms with van der Waals surface area (Å²) in [7, 11) is 0. The molecule has 0 amide bonds. The highest BCUT2D eigenvalue weighted by atomic mass is 14.0. The van der Waals surface area contributed by atoms with Crippen molar-refractivity contribution in [1.82, 2.24) is 0 Å². The van der Waals surface area contributed by atoms with E-state index in [1.165, 1.54) is 50.5 Å². The van der Waals surface area contributed by atoms with Crippen LogP contribution < -0.4 is 0 Å². The normalized spacial score (nSPS) is 15.2. The molecule has 0 nitrogen and oxygen atoms in total. The third kappa shape index (κ3) is 9.43. The van der Waals surface area contributed by atoms with Crippen LogP contribution in [0.4, 0.5) is 0 Å². The van der Waals surface area contributed by atoms with Gasteiger partial charge < -0.3 is 0 Å². The summed E-state index contributed by atoms with van der Waals surface area (Å²) >= 11 is 0. The molecule has 0 aromatic heterocycles. The lowest BCUT2D eigenvalue weighted by Gasteiger charge is -2.05. The van der Waals surface area contributed by atoms with Crippen LogP contribution in [-0.4, -0.2) is 0 Å². The van der Waals surface area contributed by atoms with Crippen LogP contribution in [0.2, 0.25) is 0 Å². The van der Waals surface area contributed by atoms with Crippen molar-refractivity contribution >= 4 is 0 Å². The van der Waals surface area contributed by atoms with Gasteiger partial charge in [-0.05, 0) is 18.9 Å². The molecule has 1 aliphatic carbocycles. The highest BCUT2D eigenvalue weighted by molar-refractivity contribution is 4.92. The fourth-order valence-corrected chi connectivity index (χ4v) is 1.52. The van der Waals surface area contributed by atoms with Gasteiger partial charge in [0.25, 0.3) is 0 Å². The van der Waals surface area contributed by atoms with Crippen molar-refractivity contribution in [2.24, 2.45) is 0 Å². The quantitative estimate of drug-likeness (QED) is 0.532. The minimum atomic E-state index is 1.14. The number of rotatable bonds is 2. The van der Waals surface area contributed by atoms with Gasteiger partial charge >= 0.3 is 0 Å². The zero-order valence-corrected chi connectivity index (χ0v) is 9.36. The number of allylic oxidation sites excluding steroid dienone is 1.